The van der Waals surface area contributed by atoms with Crippen molar-refractivity contribution >= 4 is 21.7 Å². The largest absolute Gasteiger partial charge is 0.324 e. The molecule has 0 radical (unpaired) electrons. The monoisotopic (exact) mass is 233 g/mol. The zero-order valence-corrected chi connectivity index (χ0v) is 7.92. The van der Waals surface area contributed by atoms with Crippen LogP contribution in [-0.2, 0) is 4.79 Å². The molecule has 0 aliphatic heterocycles. The predicted octanol–water partition coefficient (Wildman–Crippen LogP) is 1.32. The highest BCUT2D eigenvalue weighted by atomic mass is 79.9. The van der Waals surface area contributed by atoms with Gasteiger partial charge in [0.2, 0.25) is 0 Å². The normalized spacial score (nSPS) is 28.4. The van der Waals surface area contributed by atoms with E-state index in [1.54, 1.807) is 6.08 Å². The molecule has 0 spiro atoms. The molecule has 0 saturated carbocycles. The van der Waals surface area contributed by atoms with Crippen molar-refractivity contribution in [3.8, 4) is 0 Å². The maximum absolute atomic E-state index is 13.1. The first-order valence-electron chi connectivity index (χ1n) is 3.57. The highest BCUT2D eigenvalue weighted by Crippen LogP contribution is 2.23. The maximum atomic E-state index is 13.1. The molecule has 66 valence electrons. The number of hydrogen-bond acceptors (Lipinski definition) is 2. The number of allylic oxidation sites excluding steroid dienone is 4. The number of halogens is 2. The SMILES string of the molecule is NCC(=O)C1C=CC(Br)=CC1F. The van der Waals surface area contributed by atoms with Gasteiger partial charge in [0.1, 0.15) is 6.17 Å². The van der Waals surface area contributed by atoms with Gasteiger partial charge in [-0.3, -0.25) is 4.79 Å². The van der Waals surface area contributed by atoms with Crippen LogP contribution in [0.25, 0.3) is 0 Å². The summed E-state index contributed by atoms with van der Waals surface area (Å²) >= 11 is 3.12. The quantitative estimate of drug-likeness (QED) is 0.782. The summed E-state index contributed by atoms with van der Waals surface area (Å²) in [5, 5.41) is 0. The van der Waals surface area contributed by atoms with Gasteiger partial charge in [0, 0.05) is 4.48 Å². The first-order chi connectivity index (χ1) is 5.65. The van der Waals surface area contributed by atoms with Crippen LogP contribution < -0.4 is 5.73 Å². The van der Waals surface area contributed by atoms with Gasteiger partial charge in [-0.1, -0.05) is 28.1 Å². The van der Waals surface area contributed by atoms with Crippen LogP contribution in [0.4, 0.5) is 4.39 Å². The van der Waals surface area contributed by atoms with Crippen LogP contribution in [-0.4, -0.2) is 18.5 Å². The third kappa shape index (κ3) is 2.01. The average Bonchev–Trinajstić information content (AvgIpc) is 2.03. The van der Waals surface area contributed by atoms with Crippen LogP contribution in [0, 0.1) is 5.92 Å². The van der Waals surface area contributed by atoms with Gasteiger partial charge in [0.05, 0.1) is 12.5 Å². The summed E-state index contributed by atoms with van der Waals surface area (Å²) in [4.78, 5) is 11.0. The molecule has 2 atom stereocenters. The van der Waals surface area contributed by atoms with E-state index in [2.05, 4.69) is 15.9 Å². The summed E-state index contributed by atoms with van der Waals surface area (Å²) in [5.41, 5.74) is 5.12. The fourth-order valence-electron chi connectivity index (χ4n) is 1.03. The molecule has 12 heavy (non-hydrogen) atoms. The third-order valence-corrected chi connectivity index (χ3v) is 2.23. The summed E-state index contributed by atoms with van der Waals surface area (Å²) in [6.45, 7) is -0.110. The molecule has 1 aliphatic rings. The highest BCUT2D eigenvalue weighted by molar-refractivity contribution is 9.11. The van der Waals surface area contributed by atoms with Crippen molar-refractivity contribution < 1.29 is 9.18 Å². The van der Waals surface area contributed by atoms with Crippen molar-refractivity contribution in [1.29, 1.82) is 0 Å². The van der Waals surface area contributed by atoms with E-state index in [1.807, 2.05) is 0 Å². The van der Waals surface area contributed by atoms with Crippen molar-refractivity contribution in [3.05, 3.63) is 22.7 Å². The zero-order valence-electron chi connectivity index (χ0n) is 6.34. The molecule has 1 rings (SSSR count). The Labute approximate surface area is 78.4 Å². The van der Waals surface area contributed by atoms with Gasteiger partial charge in [0.25, 0.3) is 0 Å². The van der Waals surface area contributed by atoms with Gasteiger partial charge < -0.3 is 5.73 Å². The van der Waals surface area contributed by atoms with E-state index in [-0.39, 0.29) is 12.3 Å². The van der Waals surface area contributed by atoms with Crippen molar-refractivity contribution in [2.45, 2.75) is 6.17 Å². The fourth-order valence-corrected chi connectivity index (χ4v) is 1.44. The Morgan fingerprint density at radius 3 is 2.92 bits per heavy atom. The van der Waals surface area contributed by atoms with Crippen molar-refractivity contribution in [1.82, 2.24) is 0 Å². The molecule has 0 bridgehead atoms. The molecular formula is C8H9BrFNO. The second kappa shape index (κ2) is 3.96. The van der Waals surface area contributed by atoms with E-state index in [0.717, 1.165) is 0 Å². The fraction of sp³-hybridized carbons (Fsp3) is 0.375. The summed E-state index contributed by atoms with van der Waals surface area (Å²) < 4.78 is 13.8. The molecule has 0 saturated heterocycles. The van der Waals surface area contributed by atoms with Gasteiger partial charge >= 0.3 is 0 Å². The number of carbonyl (C=O) groups is 1. The third-order valence-electron chi connectivity index (χ3n) is 1.70. The Morgan fingerprint density at radius 1 is 1.75 bits per heavy atom. The molecule has 0 fully saturated rings. The Hall–Kier alpha value is -0.480. The molecule has 1 aliphatic carbocycles. The number of Topliss-reactive ketones (excluding diaryl/α,β-unsaturated/α-hetero) is 1. The summed E-state index contributed by atoms with van der Waals surface area (Å²) in [5.74, 6) is -0.966. The van der Waals surface area contributed by atoms with Crippen LogP contribution in [0.3, 0.4) is 0 Å². The molecule has 0 aromatic rings. The maximum Gasteiger partial charge on any atom is 0.156 e. The Kier molecular flexibility index (Phi) is 3.17. The lowest BCUT2D eigenvalue weighted by Crippen LogP contribution is -2.29. The average molecular weight is 234 g/mol. The van der Waals surface area contributed by atoms with Gasteiger partial charge in [-0.25, -0.2) is 4.39 Å². The van der Waals surface area contributed by atoms with Gasteiger partial charge in [0.15, 0.2) is 5.78 Å². The van der Waals surface area contributed by atoms with Crippen molar-refractivity contribution in [3.63, 3.8) is 0 Å². The first kappa shape index (κ1) is 9.61. The lowest BCUT2D eigenvalue weighted by Gasteiger charge is -2.16. The highest BCUT2D eigenvalue weighted by Gasteiger charge is 2.25. The number of alkyl halides is 1. The molecular weight excluding hydrogens is 225 g/mol. The Morgan fingerprint density at radius 2 is 2.42 bits per heavy atom. The zero-order chi connectivity index (χ0) is 9.14. The second-order valence-electron chi connectivity index (χ2n) is 2.55. The number of nitrogens with two attached hydrogens (primary N) is 1. The number of hydrogen-bond donors (Lipinski definition) is 1. The smallest absolute Gasteiger partial charge is 0.156 e. The predicted molar refractivity (Wildman–Crippen MR) is 48.6 cm³/mol. The Balaban J connectivity index is 2.72. The van der Waals surface area contributed by atoms with E-state index in [1.165, 1.54) is 12.2 Å². The Bertz CT molecular complexity index is 249. The molecule has 0 aromatic carbocycles. The van der Waals surface area contributed by atoms with E-state index < -0.39 is 12.1 Å². The summed E-state index contributed by atoms with van der Waals surface area (Å²) in [6.07, 6.45) is 3.30. The van der Waals surface area contributed by atoms with Crippen molar-refractivity contribution in [2.75, 3.05) is 6.54 Å². The number of ketones is 1. The standard InChI is InChI=1S/C8H9BrFNO/c9-5-1-2-6(7(10)3-5)8(12)4-11/h1-3,6-7H,4,11H2. The molecule has 2 nitrogen and oxygen atoms in total. The second-order valence-corrected chi connectivity index (χ2v) is 3.47. The van der Waals surface area contributed by atoms with Crippen LogP contribution >= 0.6 is 15.9 Å². The minimum atomic E-state index is -1.25. The lowest BCUT2D eigenvalue weighted by atomic mass is 9.94. The van der Waals surface area contributed by atoms with E-state index in [4.69, 9.17) is 5.73 Å². The van der Waals surface area contributed by atoms with Gasteiger partial charge in [-0.15, -0.1) is 0 Å². The van der Waals surface area contributed by atoms with E-state index >= 15 is 0 Å². The number of rotatable bonds is 2. The van der Waals surface area contributed by atoms with Gasteiger partial charge in [-0.05, 0) is 6.08 Å². The van der Waals surface area contributed by atoms with Gasteiger partial charge in [-0.2, -0.15) is 0 Å². The van der Waals surface area contributed by atoms with Crippen LogP contribution in [0.1, 0.15) is 0 Å². The minimum absolute atomic E-state index is 0.110. The van der Waals surface area contributed by atoms with Crippen LogP contribution in [0.5, 0.6) is 0 Å². The molecule has 0 amide bonds. The molecule has 0 heterocycles. The minimum Gasteiger partial charge on any atom is -0.324 e. The number of carbonyl (C=O) groups excluding carboxylic acids is 1. The summed E-state index contributed by atoms with van der Waals surface area (Å²) in [6, 6.07) is 0. The van der Waals surface area contributed by atoms with Crippen LogP contribution in [0.15, 0.2) is 22.7 Å². The van der Waals surface area contributed by atoms with Crippen LogP contribution in [0.2, 0.25) is 0 Å². The molecule has 2 unspecified atom stereocenters. The molecule has 0 aromatic heterocycles. The lowest BCUT2D eigenvalue weighted by molar-refractivity contribution is -0.121. The van der Waals surface area contributed by atoms with E-state index in [0.29, 0.717) is 4.48 Å². The van der Waals surface area contributed by atoms with Crippen molar-refractivity contribution in [2.24, 2.45) is 11.7 Å². The molecule has 4 heteroatoms. The first-order valence-corrected chi connectivity index (χ1v) is 4.37. The topological polar surface area (TPSA) is 43.1 Å². The summed E-state index contributed by atoms with van der Waals surface area (Å²) in [7, 11) is 0. The molecule has 2 N–H and O–H groups in total. The van der Waals surface area contributed by atoms with E-state index in [9.17, 15) is 9.18 Å².